The molecule has 9 heteroatoms. The van der Waals surface area contributed by atoms with E-state index in [4.69, 9.17) is 10.7 Å². The van der Waals surface area contributed by atoms with E-state index >= 15 is 0 Å². The number of rotatable bonds is 5. The molecule has 0 bridgehead atoms. The van der Waals surface area contributed by atoms with Gasteiger partial charge in [0.15, 0.2) is 0 Å². The molecule has 7 rings (SSSR count). The smallest absolute Gasteiger partial charge is 0.214 e. The summed E-state index contributed by atoms with van der Waals surface area (Å²) in [4.78, 5) is 31.5. The number of carbonyl (C=O) groups excluding carboxylic acids is 1. The highest BCUT2D eigenvalue weighted by molar-refractivity contribution is 6.12. The highest BCUT2D eigenvalue weighted by atomic mass is 16.1. The van der Waals surface area contributed by atoms with Crippen LogP contribution in [0.25, 0.3) is 38.8 Å². The van der Waals surface area contributed by atoms with Gasteiger partial charge in [0.1, 0.15) is 17.5 Å². The summed E-state index contributed by atoms with van der Waals surface area (Å²) in [7, 11) is 0. The van der Waals surface area contributed by atoms with Crippen molar-refractivity contribution in [2.24, 2.45) is 0 Å². The third-order valence-electron chi connectivity index (χ3n) is 7.51. The Hall–Kier alpha value is -4.92. The number of carbonyl (C=O) groups is 1. The second-order valence-electron chi connectivity index (χ2n) is 10.1. The predicted octanol–water partition coefficient (Wildman–Crippen LogP) is 5.40. The minimum atomic E-state index is -0.208. The van der Waals surface area contributed by atoms with Gasteiger partial charge >= 0.3 is 0 Å². The zero-order valence-corrected chi connectivity index (χ0v) is 21.6. The highest BCUT2D eigenvalue weighted by Gasteiger charge is 2.20. The van der Waals surface area contributed by atoms with Crippen molar-refractivity contribution in [3.05, 3.63) is 84.1 Å². The minimum absolute atomic E-state index is 0.208. The fourth-order valence-electron chi connectivity index (χ4n) is 5.43. The average molecular weight is 517 g/mol. The van der Waals surface area contributed by atoms with E-state index in [0.29, 0.717) is 11.3 Å². The summed E-state index contributed by atoms with van der Waals surface area (Å²) >= 11 is 0. The monoisotopic (exact) mass is 516 g/mol. The van der Waals surface area contributed by atoms with Crippen molar-refractivity contribution in [3.63, 3.8) is 0 Å². The maximum absolute atomic E-state index is 13.4. The fourth-order valence-corrected chi connectivity index (χ4v) is 5.43. The van der Waals surface area contributed by atoms with Crippen molar-refractivity contribution in [3.8, 4) is 16.8 Å². The number of nitrogens with zero attached hydrogens (tertiary/aromatic N) is 5. The van der Waals surface area contributed by atoms with E-state index in [1.807, 2.05) is 43.5 Å². The number of piperidine rings is 1. The molecular formula is C30H28N8O. The molecule has 39 heavy (non-hydrogen) atoms. The van der Waals surface area contributed by atoms with Crippen molar-refractivity contribution < 1.29 is 4.79 Å². The Morgan fingerprint density at radius 3 is 2.56 bits per heavy atom. The van der Waals surface area contributed by atoms with Crippen molar-refractivity contribution in [2.45, 2.75) is 26.2 Å². The van der Waals surface area contributed by atoms with Crippen LogP contribution in [0.4, 0.5) is 11.6 Å². The second kappa shape index (κ2) is 9.13. The Morgan fingerprint density at radius 2 is 1.74 bits per heavy atom. The number of imidazole rings is 1. The largest absolute Gasteiger partial charge is 0.383 e. The summed E-state index contributed by atoms with van der Waals surface area (Å²) in [5, 5.41) is 5.35. The molecule has 1 aliphatic rings. The van der Waals surface area contributed by atoms with Crippen LogP contribution >= 0.6 is 0 Å². The Balaban J connectivity index is 1.15. The number of aryl methyl sites for hydroxylation is 1. The molecule has 0 unspecified atom stereocenters. The van der Waals surface area contributed by atoms with Crippen molar-refractivity contribution in [1.82, 2.24) is 29.7 Å². The molecule has 0 atom stereocenters. The van der Waals surface area contributed by atoms with Crippen LogP contribution in [0.1, 0.15) is 41.1 Å². The average Bonchev–Trinajstić information content (AvgIpc) is 3.68. The van der Waals surface area contributed by atoms with E-state index in [0.717, 1.165) is 63.5 Å². The summed E-state index contributed by atoms with van der Waals surface area (Å²) in [6.45, 7) is 4.05. The molecule has 4 N–H and O–H groups in total. The van der Waals surface area contributed by atoms with E-state index in [1.165, 1.54) is 25.5 Å². The van der Waals surface area contributed by atoms with Gasteiger partial charge < -0.3 is 20.6 Å². The third kappa shape index (κ3) is 4.12. The van der Waals surface area contributed by atoms with Crippen LogP contribution < -0.4 is 10.6 Å². The third-order valence-corrected chi connectivity index (χ3v) is 7.51. The van der Waals surface area contributed by atoms with Crippen molar-refractivity contribution in [1.29, 1.82) is 0 Å². The van der Waals surface area contributed by atoms with Crippen LogP contribution in [-0.4, -0.2) is 48.6 Å². The number of nitrogens with two attached hydrogens (primary N) is 1. The molecule has 5 heterocycles. The van der Waals surface area contributed by atoms with Crippen LogP contribution in [0.15, 0.2) is 67.0 Å². The fraction of sp³-hybridized carbons (Fsp3) is 0.200. The van der Waals surface area contributed by atoms with Crippen LogP contribution in [0.3, 0.4) is 0 Å². The molecule has 1 aliphatic heterocycles. The number of H-pyrrole nitrogens is 2. The molecule has 1 saturated heterocycles. The van der Waals surface area contributed by atoms with E-state index in [9.17, 15) is 4.79 Å². The number of anilines is 2. The lowest BCUT2D eigenvalue weighted by molar-refractivity contribution is 0.103. The molecule has 0 spiro atoms. The predicted molar refractivity (Wildman–Crippen MR) is 153 cm³/mol. The van der Waals surface area contributed by atoms with E-state index in [1.54, 1.807) is 4.68 Å². The van der Waals surface area contributed by atoms with Crippen LogP contribution in [0.5, 0.6) is 0 Å². The van der Waals surface area contributed by atoms with Gasteiger partial charge in [0.2, 0.25) is 5.78 Å². The van der Waals surface area contributed by atoms with E-state index in [2.05, 4.69) is 49.2 Å². The molecule has 1 fully saturated rings. The Labute approximate surface area is 224 Å². The van der Waals surface area contributed by atoms with Crippen LogP contribution in [-0.2, 0) is 0 Å². The number of aromatic amines is 2. The van der Waals surface area contributed by atoms with Gasteiger partial charge in [-0.05, 0) is 74.2 Å². The summed E-state index contributed by atoms with van der Waals surface area (Å²) < 4.78 is 1.57. The lowest BCUT2D eigenvalue weighted by Gasteiger charge is -2.27. The number of pyridine rings is 1. The summed E-state index contributed by atoms with van der Waals surface area (Å²) in [5.41, 5.74) is 12.7. The zero-order valence-electron chi connectivity index (χ0n) is 21.6. The van der Waals surface area contributed by atoms with Gasteiger partial charge in [-0.2, -0.15) is 5.10 Å². The first kappa shape index (κ1) is 23.2. The standard InChI is InChI=1S/C30H28N8O/c1-18-34-24-9-8-22(15-26(24)35-18)38-30(31)23(17-33-38)29(39)27-14-20-6-5-19(13-25(20)36-27)21-7-10-28(32-16-21)37-11-3-2-4-12-37/h5-10,13-17,36H,2-4,11-12,31H2,1H3,(H,34,35). The lowest BCUT2D eigenvalue weighted by Crippen LogP contribution is -2.29. The molecule has 6 aromatic rings. The van der Waals surface area contributed by atoms with Crippen molar-refractivity contribution >= 4 is 39.4 Å². The molecule has 0 amide bonds. The number of hydrogen-bond acceptors (Lipinski definition) is 6. The lowest BCUT2D eigenvalue weighted by atomic mass is 10.1. The van der Waals surface area contributed by atoms with Crippen LogP contribution in [0, 0.1) is 6.92 Å². The normalized spacial score (nSPS) is 13.9. The molecule has 194 valence electrons. The van der Waals surface area contributed by atoms with E-state index in [-0.39, 0.29) is 11.6 Å². The summed E-state index contributed by atoms with van der Waals surface area (Å²) in [5.74, 6) is 1.94. The minimum Gasteiger partial charge on any atom is -0.383 e. The molecule has 0 radical (unpaired) electrons. The second-order valence-corrected chi connectivity index (χ2v) is 10.1. The molecule has 0 saturated carbocycles. The number of fused-ring (bicyclic) bond motifs is 2. The van der Waals surface area contributed by atoms with E-state index < -0.39 is 0 Å². The number of hydrogen-bond donors (Lipinski definition) is 3. The molecule has 2 aromatic carbocycles. The molecular weight excluding hydrogens is 488 g/mol. The van der Waals surface area contributed by atoms with Gasteiger partial charge in [0.05, 0.1) is 34.2 Å². The number of nitrogens with one attached hydrogen (secondary N) is 2. The highest BCUT2D eigenvalue weighted by Crippen LogP contribution is 2.28. The SMILES string of the molecule is Cc1nc2cc(-n3ncc(C(=O)c4cc5ccc(-c6ccc(N7CCCCC7)nc6)cc5[nH]4)c3N)ccc2[nH]1. The van der Waals surface area contributed by atoms with Gasteiger partial charge in [-0.15, -0.1) is 0 Å². The molecule has 0 aliphatic carbocycles. The first-order valence-electron chi connectivity index (χ1n) is 13.2. The van der Waals surface area contributed by atoms with Crippen LogP contribution in [0.2, 0.25) is 0 Å². The Bertz CT molecular complexity index is 1840. The number of nitrogen functional groups attached to an aromatic ring is 1. The Morgan fingerprint density at radius 1 is 0.897 bits per heavy atom. The van der Waals surface area contributed by atoms with Gasteiger partial charge in [-0.3, -0.25) is 4.79 Å². The van der Waals surface area contributed by atoms with Gasteiger partial charge in [0.25, 0.3) is 0 Å². The summed E-state index contributed by atoms with van der Waals surface area (Å²) in [6, 6.07) is 17.9. The maximum Gasteiger partial charge on any atom is 0.214 e. The van der Waals surface area contributed by atoms with Gasteiger partial charge in [-0.25, -0.2) is 14.6 Å². The summed E-state index contributed by atoms with van der Waals surface area (Å²) in [6.07, 6.45) is 7.19. The van der Waals surface area contributed by atoms with Gasteiger partial charge in [0, 0.05) is 35.8 Å². The maximum atomic E-state index is 13.4. The first-order valence-corrected chi connectivity index (χ1v) is 13.2. The first-order chi connectivity index (χ1) is 19.0. The van der Waals surface area contributed by atoms with Gasteiger partial charge in [-0.1, -0.05) is 12.1 Å². The number of benzene rings is 2. The zero-order chi connectivity index (χ0) is 26.5. The van der Waals surface area contributed by atoms with Crippen molar-refractivity contribution in [2.75, 3.05) is 23.7 Å². The molecule has 9 nitrogen and oxygen atoms in total. The topological polar surface area (TPSA) is 122 Å². The number of aromatic nitrogens is 6. The molecule has 4 aromatic heterocycles. The Kier molecular flexibility index (Phi) is 5.43. The number of ketones is 1. The quantitative estimate of drug-likeness (QED) is 0.264.